The van der Waals surface area contributed by atoms with Crippen LogP contribution in [0, 0.1) is 5.41 Å². The van der Waals surface area contributed by atoms with Crippen molar-refractivity contribution in [2.24, 2.45) is 5.41 Å². The van der Waals surface area contributed by atoms with Crippen LogP contribution in [-0.4, -0.2) is 44.2 Å². The molecule has 0 atom stereocenters. The fraction of sp³-hybridized carbons (Fsp3) is 0.667. The summed E-state index contributed by atoms with van der Waals surface area (Å²) in [6.45, 7) is 0.107. The normalized spacial score (nSPS) is 17.9. The van der Waals surface area contributed by atoms with Crippen LogP contribution in [0.25, 0.3) is 0 Å². The maximum atomic E-state index is 11.5. The van der Waals surface area contributed by atoms with Crippen LogP contribution in [0.1, 0.15) is 36.3 Å². The van der Waals surface area contributed by atoms with E-state index in [-0.39, 0.29) is 12.4 Å². The summed E-state index contributed by atoms with van der Waals surface area (Å²) in [4.78, 5) is 22.8. The molecule has 92 valence electrons. The Bertz CT molecular complexity index is 410. The van der Waals surface area contributed by atoms with E-state index in [9.17, 15) is 14.7 Å². The van der Waals surface area contributed by atoms with E-state index < -0.39 is 17.3 Å². The number of aliphatic carboxylic acids is 1. The maximum absolute atomic E-state index is 11.5. The lowest BCUT2D eigenvalue weighted by atomic mass is 9.86. The van der Waals surface area contributed by atoms with Gasteiger partial charge in [0.1, 0.15) is 0 Å². The first-order valence-corrected chi connectivity index (χ1v) is 5.39. The molecule has 0 radical (unpaired) electrons. The monoisotopic (exact) mass is 239 g/mol. The number of nitrogens with one attached hydrogen (secondary N) is 2. The zero-order valence-electron chi connectivity index (χ0n) is 9.14. The van der Waals surface area contributed by atoms with E-state index in [1.165, 1.54) is 0 Å². The second-order valence-corrected chi connectivity index (χ2v) is 4.21. The first kappa shape index (κ1) is 11.5. The van der Waals surface area contributed by atoms with Crippen molar-refractivity contribution in [1.82, 2.24) is 25.9 Å². The minimum absolute atomic E-state index is 0.0801. The highest BCUT2D eigenvalue weighted by Gasteiger charge is 2.41. The molecular formula is C9H13N5O3. The Morgan fingerprint density at radius 2 is 2.12 bits per heavy atom. The van der Waals surface area contributed by atoms with Gasteiger partial charge >= 0.3 is 5.97 Å². The zero-order chi connectivity index (χ0) is 12.3. The van der Waals surface area contributed by atoms with Crippen LogP contribution in [0.2, 0.25) is 0 Å². The summed E-state index contributed by atoms with van der Waals surface area (Å²) in [5.74, 6) is -1.45. The molecule has 1 aliphatic carbocycles. The van der Waals surface area contributed by atoms with Gasteiger partial charge in [0.15, 0.2) is 0 Å². The Balaban J connectivity index is 1.97. The van der Waals surface area contributed by atoms with E-state index in [4.69, 9.17) is 0 Å². The number of aromatic nitrogens is 4. The van der Waals surface area contributed by atoms with Crippen molar-refractivity contribution in [3.05, 3.63) is 5.82 Å². The molecule has 0 aliphatic heterocycles. The van der Waals surface area contributed by atoms with Gasteiger partial charge in [-0.2, -0.15) is 5.21 Å². The molecule has 2 rings (SSSR count). The van der Waals surface area contributed by atoms with E-state index in [2.05, 4.69) is 25.9 Å². The summed E-state index contributed by atoms with van der Waals surface area (Å²) in [5.41, 5.74) is -0.834. The lowest BCUT2D eigenvalue weighted by Gasteiger charge is -2.23. The zero-order valence-corrected chi connectivity index (χ0v) is 9.14. The van der Waals surface area contributed by atoms with Gasteiger partial charge in [-0.15, -0.1) is 10.2 Å². The van der Waals surface area contributed by atoms with Crippen molar-refractivity contribution >= 4 is 11.9 Å². The summed E-state index contributed by atoms with van der Waals surface area (Å²) in [6, 6.07) is 0. The van der Waals surface area contributed by atoms with Crippen LogP contribution >= 0.6 is 0 Å². The van der Waals surface area contributed by atoms with Gasteiger partial charge in [-0.05, 0) is 18.1 Å². The van der Waals surface area contributed by atoms with E-state index in [1.54, 1.807) is 0 Å². The van der Waals surface area contributed by atoms with Crippen molar-refractivity contribution in [3.63, 3.8) is 0 Å². The molecule has 8 nitrogen and oxygen atoms in total. The summed E-state index contributed by atoms with van der Waals surface area (Å²) in [7, 11) is 0. The van der Waals surface area contributed by atoms with E-state index in [0.717, 1.165) is 12.8 Å². The number of H-pyrrole nitrogens is 1. The molecule has 1 heterocycles. The number of nitrogens with zero attached hydrogens (tertiary/aromatic N) is 3. The van der Waals surface area contributed by atoms with E-state index in [0.29, 0.717) is 12.8 Å². The number of carboxylic acids is 1. The van der Waals surface area contributed by atoms with Crippen LogP contribution in [-0.2, 0) is 4.79 Å². The highest BCUT2D eigenvalue weighted by molar-refractivity contribution is 5.90. The molecule has 0 saturated heterocycles. The second kappa shape index (κ2) is 4.48. The van der Waals surface area contributed by atoms with Gasteiger partial charge in [-0.25, -0.2) is 0 Å². The Morgan fingerprint density at radius 3 is 2.65 bits per heavy atom. The number of aromatic amines is 1. The van der Waals surface area contributed by atoms with Crippen LogP contribution in [0.5, 0.6) is 0 Å². The number of carbonyl (C=O) groups is 2. The summed E-state index contributed by atoms with van der Waals surface area (Å²) >= 11 is 0. The SMILES string of the molecule is O=C(NCC1(C(=O)O)CCCC1)c1nn[nH]n1. The average molecular weight is 239 g/mol. The van der Waals surface area contributed by atoms with Crippen LogP contribution < -0.4 is 5.32 Å². The molecule has 1 fully saturated rings. The van der Waals surface area contributed by atoms with Crippen molar-refractivity contribution in [2.45, 2.75) is 25.7 Å². The molecule has 17 heavy (non-hydrogen) atoms. The van der Waals surface area contributed by atoms with Crippen molar-refractivity contribution < 1.29 is 14.7 Å². The fourth-order valence-corrected chi connectivity index (χ4v) is 2.10. The molecule has 1 aliphatic rings. The molecule has 1 amide bonds. The van der Waals surface area contributed by atoms with Gasteiger partial charge in [0.05, 0.1) is 5.41 Å². The minimum atomic E-state index is -0.858. The summed E-state index contributed by atoms with van der Waals surface area (Å²) < 4.78 is 0. The van der Waals surface area contributed by atoms with Gasteiger partial charge in [-0.1, -0.05) is 12.8 Å². The first-order chi connectivity index (χ1) is 8.14. The number of amides is 1. The highest BCUT2D eigenvalue weighted by atomic mass is 16.4. The predicted octanol–water partition coefficient (Wildman–Crippen LogP) is -0.426. The number of hydrogen-bond acceptors (Lipinski definition) is 5. The molecule has 0 spiro atoms. The molecule has 0 bridgehead atoms. The molecular weight excluding hydrogens is 226 g/mol. The summed E-state index contributed by atoms with van der Waals surface area (Å²) in [5, 5.41) is 24.2. The quantitative estimate of drug-likeness (QED) is 0.655. The third kappa shape index (κ3) is 2.24. The Hall–Kier alpha value is -1.99. The predicted molar refractivity (Wildman–Crippen MR) is 55.0 cm³/mol. The highest BCUT2D eigenvalue weighted by Crippen LogP contribution is 2.37. The van der Waals surface area contributed by atoms with Crippen LogP contribution in [0.15, 0.2) is 0 Å². The van der Waals surface area contributed by atoms with Crippen LogP contribution in [0.4, 0.5) is 0 Å². The van der Waals surface area contributed by atoms with Crippen LogP contribution in [0.3, 0.4) is 0 Å². The first-order valence-electron chi connectivity index (χ1n) is 5.39. The van der Waals surface area contributed by atoms with E-state index >= 15 is 0 Å². The van der Waals surface area contributed by atoms with E-state index in [1.807, 2.05) is 0 Å². The number of hydrogen-bond donors (Lipinski definition) is 3. The number of carboxylic acid groups (broad SMARTS) is 1. The maximum Gasteiger partial charge on any atom is 0.311 e. The standard InChI is InChI=1S/C9H13N5O3/c15-7(6-11-13-14-12-6)10-5-9(8(16)17)3-1-2-4-9/h1-5H2,(H,10,15)(H,16,17)(H,11,12,13,14). The molecule has 1 aromatic heterocycles. The van der Waals surface area contributed by atoms with Crippen molar-refractivity contribution in [3.8, 4) is 0 Å². The van der Waals surface area contributed by atoms with Gasteiger partial charge < -0.3 is 10.4 Å². The smallest absolute Gasteiger partial charge is 0.311 e. The largest absolute Gasteiger partial charge is 0.481 e. The number of tetrazole rings is 1. The Morgan fingerprint density at radius 1 is 1.41 bits per heavy atom. The summed E-state index contributed by atoms with van der Waals surface area (Å²) in [6.07, 6.45) is 2.94. The molecule has 0 aromatic carbocycles. The molecule has 1 saturated carbocycles. The van der Waals surface area contributed by atoms with Crippen molar-refractivity contribution in [1.29, 1.82) is 0 Å². The van der Waals surface area contributed by atoms with Gasteiger partial charge in [-0.3, -0.25) is 9.59 Å². The molecule has 0 unspecified atom stereocenters. The van der Waals surface area contributed by atoms with Gasteiger partial charge in [0.2, 0.25) is 0 Å². The lowest BCUT2D eigenvalue weighted by Crippen LogP contribution is -2.41. The van der Waals surface area contributed by atoms with Crippen molar-refractivity contribution in [2.75, 3.05) is 6.54 Å². The minimum Gasteiger partial charge on any atom is -0.481 e. The fourth-order valence-electron chi connectivity index (χ4n) is 2.10. The van der Waals surface area contributed by atoms with Gasteiger partial charge in [0, 0.05) is 6.54 Å². The number of rotatable bonds is 4. The molecule has 1 aromatic rings. The third-order valence-corrected chi connectivity index (χ3v) is 3.15. The second-order valence-electron chi connectivity index (χ2n) is 4.21. The molecule has 3 N–H and O–H groups in total. The number of carbonyl (C=O) groups excluding carboxylic acids is 1. The third-order valence-electron chi connectivity index (χ3n) is 3.15. The Labute approximate surface area is 96.8 Å². The average Bonchev–Trinajstić information content (AvgIpc) is 2.97. The van der Waals surface area contributed by atoms with Gasteiger partial charge in [0.25, 0.3) is 11.7 Å². The Kier molecular flexibility index (Phi) is 3.03. The molecule has 8 heteroatoms. The lowest BCUT2D eigenvalue weighted by molar-refractivity contribution is -0.148. The topological polar surface area (TPSA) is 121 Å².